The van der Waals surface area contributed by atoms with Crippen molar-refractivity contribution in [3.8, 4) is 6.07 Å². The normalized spacial score (nSPS) is 50.2. The third-order valence-electron chi connectivity index (χ3n) is 6.72. The Morgan fingerprint density at radius 3 is 2.55 bits per heavy atom. The maximum atomic E-state index is 12.1. The Morgan fingerprint density at radius 2 is 2.00 bits per heavy atom. The van der Waals surface area contributed by atoms with E-state index in [-0.39, 0.29) is 11.8 Å². The van der Waals surface area contributed by atoms with Crippen LogP contribution in [0.25, 0.3) is 0 Å². The molecule has 4 bridgehead atoms. The summed E-state index contributed by atoms with van der Waals surface area (Å²) in [6.45, 7) is 2.22. The van der Waals surface area contributed by atoms with E-state index < -0.39 is 11.1 Å². The van der Waals surface area contributed by atoms with Gasteiger partial charge >= 0.3 is 0 Å². The van der Waals surface area contributed by atoms with Crippen molar-refractivity contribution in [1.82, 2.24) is 10.4 Å². The predicted molar refractivity (Wildman–Crippen MR) is 80.4 cm³/mol. The summed E-state index contributed by atoms with van der Waals surface area (Å²) < 4.78 is 0. The van der Waals surface area contributed by atoms with Gasteiger partial charge in [-0.05, 0) is 69.6 Å². The van der Waals surface area contributed by atoms with Crippen LogP contribution in [0, 0.1) is 29.1 Å². The summed E-state index contributed by atoms with van der Waals surface area (Å²) in [4.78, 5) is 12.1. The molecule has 1 saturated heterocycles. The van der Waals surface area contributed by atoms with Gasteiger partial charge in [0.05, 0.1) is 17.7 Å². The Kier molecular flexibility index (Phi) is 3.17. The van der Waals surface area contributed by atoms with E-state index in [0.717, 1.165) is 19.3 Å². The monoisotopic (exact) mass is 303 g/mol. The molecule has 5 nitrogen and oxygen atoms in total. The molecule has 5 aliphatic rings. The quantitative estimate of drug-likeness (QED) is 0.823. The maximum Gasteiger partial charge on any atom is 0.179 e. The Morgan fingerprint density at radius 1 is 1.32 bits per heavy atom. The van der Waals surface area contributed by atoms with Crippen molar-refractivity contribution < 1.29 is 9.90 Å². The minimum absolute atomic E-state index is 0.00507. The summed E-state index contributed by atoms with van der Waals surface area (Å²) in [6.07, 6.45) is 6.85. The third-order valence-corrected chi connectivity index (χ3v) is 6.72. The van der Waals surface area contributed by atoms with Gasteiger partial charge in [0, 0.05) is 6.54 Å². The van der Waals surface area contributed by atoms with Crippen LogP contribution in [0.4, 0.5) is 0 Å². The molecule has 4 saturated carbocycles. The van der Waals surface area contributed by atoms with Crippen LogP contribution in [0.2, 0.25) is 0 Å². The van der Waals surface area contributed by atoms with Gasteiger partial charge in [0.2, 0.25) is 0 Å². The van der Waals surface area contributed by atoms with Gasteiger partial charge in [-0.3, -0.25) is 4.79 Å². The van der Waals surface area contributed by atoms with E-state index in [1.807, 2.05) is 5.01 Å². The number of carbonyl (C=O) groups excluding carboxylic acids is 1. The van der Waals surface area contributed by atoms with Gasteiger partial charge in [0.15, 0.2) is 11.3 Å². The molecule has 4 atom stereocenters. The standard InChI is InChI=1S/C17H25N3O2/c1-11(21)16(10-18)3-2-4-20(16)19-15-14-6-12-5-13(7-14)9-17(15,22)8-12/h12-15,19,22H,2-9H2,1H3. The number of hydrogen-bond acceptors (Lipinski definition) is 5. The number of nitriles is 1. The van der Waals surface area contributed by atoms with Crippen molar-refractivity contribution in [2.45, 2.75) is 69.1 Å². The molecule has 2 N–H and O–H groups in total. The molecule has 0 aromatic carbocycles. The maximum absolute atomic E-state index is 12.1. The lowest BCUT2D eigenvalue weighted by molar-refractivity contribution is -0.169. The van der Waals surface area contributed by atoms with Gasteiger partial charge in [-0.15, -0.1) is 0 Å². The highest BCUT2D eigenvalue weighted by Gasteiger charge is 2.58. The minimum Gasteiger partial charge on any atom is -0.388 e. The summed E-state index contributed by atoms with van der Waals surface area (Å²) in [5.41, 5.74) is 1.78. The van der Waals surface area contributed by atoms with Crippen LogP contribution >= 0.6 is 0 Å². The number of carbonyl (C=O) groups is 1. The molecule has 120 valence electrons. The van der Waals surface area contributed by atoms with E-state index >= 15 is 0 Å². The molecule has 1 aliphatic heterocycles. The van der Waals surface area contributed by atoms with Crippen molar-refractivity contribution in [2.75, 3.05) is 6.54 Å². The van der Waals surface area contributed by atoms with Crippen molar-refractivity contribution in [1.29, 1.82) is 5.26 Å². The molecule has 0 amide bonds. The SMILES string of the molecule is CC(=O)C1(C#N)CCCN1NC1C2CC3CC(C2)CC1(O)C3. The highest BCUT2D eigenvalue weighted by Crippen LogP contribution is 2.55. The average molecular weight is 303 g/mol. The Bertz CT molecular complexity index is 529. The second-order valence-electron chi connectivity index (χ2n) is 8.10. The van der Waals surface area contributed by atoms with Gasteiger partial charge in [0.1, 0.15) is 0 Å². The second-order valence-corrected chi connectivity index (χ2v) is 8.10. The van der Waals surface area contributed by atoms with E-state index in [2.05, 4.69) is 11.5 Å². The van der Waals surface area contributed by atoms with Crippen LogP contribution in [0.5, 0.6) is 0 Å². The zero-order valence-corrected chi connectivity index (χ0v) is 13.2. The molecule has 5 fully saturated rings. The van der Waals surface area contributed by atoms with Crippen molar-refractivity contribution in [2.24, 2.45) is 17.8 Å². The first-order chi connectivity index (χ1) is 10.5. The fraction of sp³-hybridized carbons (Fsp3) is 0.882. The van der Waals surface area contributed by atoms with Gasteiger partial charge in [-0.25, -0.2) is 10.4 Å². The highest BCUT2D eigenvalue weighted by atomic mass is 16.3. The topological polar surface area (TPSA) is 76.4 Å². The number of nitrogens with one attached hydrogen (secondary N) is 1. The molecule has 0 radical (unpaired) electrons. The van der Waals surface area contributed by atoms with Crippen molar-refractivity contribution in [3.05, 3.63) is 0 Å². The summed E-state index contributed by atoms with van der Waals surface area (Å²) in [5.74, 6) is 1.75. The number of ketones is 1. The third kappa shape index (κ3) is 1.90. The molecular weight excluding hydrogens is 278 g/mol. The van der Waals surface area contributed by atoms with Crippen LogP contribution in [0.1, 0.15) is 51.9 Å². The van der Waals surface area contributed by atoms with Crippen LogP contribution < -0.4 is 5.43 Å². The van der Waals surface area contributed by atoms with E-state index in [0.29, 0.717) is 30.7 Å². The number of aliphatic hydroxyl groups is 1. The molecular formula is C17H25N3O2. The van der Waals surface area contributed by atoms with Gasteiger partial charge in [0.25, 0.3) is 0 Å². The number of Topliss-reactive ketones (excluding diaryl/α,β-unsaturated/α-hetero) is 1. The molecule has 4 unspecified atom stereocenters. The number of hydrazine groups is 1. The number of nitrogens with zero attached hydrogens (tertiary/aromatic N) is 2. The molecule has 5 heteroatoms. The molecule has 0 spiro atoms. The first kappa shape index (κ1) is 14.6. The molecule has 1 heterocycles. The zero-order chi connectivity index (χ0) is 15.5. The van der Waals surface area contributed by atoms with Crippen molar-refractivity contribution >= 4 is 5.78 Å². The predicted octanol–water partition coefficient (Wildman–Crippen LogP) is 1.38. The van der Waals surface area contributed by atoms with E-state index in [1.54, 1.807) is 0 Å². The smallest absolute Gasteiger partial charge is 0.179 e. The molecule has 22 heavy (non-hydrogen) atoms. The van der Waals surface area contributed by atoms with Crippen LogP contribution in [-0.2, 0) is 4.79 Å². The lowest BCUT2D eigenvalue weighted by atomic mass is 9.52. The second kappa shape index (κ2) is 4.77. The van der Waals surface area contributed by atoms with Gasteiger partial charge in [-0.2, -0.15) is 5.26 Å². The molecule has 0 aromatic rings. The largest absolute Gasteiger partial charge is 0.388 e. The van der Waals surface area contributed by atoms with Crippen LogP contribution in [0.3, 0.4) is 0 Å². The first-order valence-corrected chi connectivity index (χ1v) is 8.65. The molecule has 0 aromatic heterocycles. The highest BCUT2D eigenvalue weighted by molar-refractivity contribution is 5.89. The van der Waals surface area contributed by atoms with E-state index in [1.165, 1.54) is 26.2 Å². The molecule has 4 aliphatic carbocycles. The van der Waals surface area contributed by atoms with Gasteiger partial charge in [-0.1, -0.05) is 0 Å². The number of rotatable bonds is 3. The zero-order valence-electron chi connectivity index (χ0n) is 13.2. The average Bonchev–Trinajstić information content (AvgIpc) is 2.85. The van der Waals surface area contributed by atoms with E-state index in [9.17, 15) is 15.2 Å². The Labute approximate surface area is 131 Å². The fourth-order valence-electron chi connectivity index (χ4n) is 5.95. The van der Waals surface area contributed by atoms with Crippen molar-refractivity contribution in [3.63, 3.8) is 0 Å². The lowest BCUT2D eigenvalue weighted by Crippen LogP contribution is -2.70. The molecule has 5 rings (SSSR count). The Hall–Kier alpha value is -0.960. The summed E-state index contributed by atoms with van der Waals surface area (Å²) in [6, 6.07) is 2.25. The number of hydrogen-bond donors (Lipinski definition) is 2. The summed E-state index contributed by atoms with van der Waals surface area (Å²) >= 11 is 0. The van der Waals surface area contributed by atoms with E-state index in [4.69, 9.17) is 0 Å². The van der Waals surface area contributed by atoms with Crippen LogP contribution in [0.15, 0.2) is 0 Å². The first-order valence-electron chi connectivity index (χ1n) is 8.65. The Balaban J connectivity index is 1.58. The summed E-state index contributed by atoms with van der Waals surface area (Å²) in [7, 11) is 0. The van der Waals surface area contributed by atoms with Crippen LogP contribution in [-0.4, -0.2) is 39.6 Å². The summed E-state index contributed by atoms with van der Waals surface area (Å²) in [5, 5.41) is 22.6. The minimum atomic E-state index is -1.04. The van der Waals surface area contributed by atoms with Gasteiger partial charge < -0.3 is 5.11 Å². The fourth-order valence-corrected chi connectivity index (χ4v) is 5.95. The lowest BCUT2D eigenvalue weighted by Gasteiger charge is -2.59.